The fourth-order valence-electron chi connectivity index (χ4n) is 2.40. The van der Waals surface area contributed by atoms with Gasteiger partial charge in [-0.05, 0) is 73.1 Å². The second-order valence-electron chi connectivity index (χ2n) is 4.92. The van der Waals surface area contributed by atoms with E-state index in [4.69, 9.17) is 0 Å². The van der Waals surface area contributed by atoms with Crippen molar-refractivity contribution in [2.75, 3.05) is 20.1 Å². The largest absolute Gasteiger partial charge is 0.507 e. The molecule has 0 spiro atoms. The topological polar surface area (TPSA) is 52.6 Å². The number of halogens is 1. The van der Waals surface area contributed by atoms with Crippen molar-refractivity contribution in [1.82, 2.24) is 10.2 Å². The lowest BCUT2D eigenvalue weighted by molar-refractivity contribution is 0.0720. The molecular formula is C14H19IN2O2. The molecule has 1 aromatic rings. The smallest absolute Gasteiger partial charge is 0.253 e. The molecule has 19 heavy (non-hydrogen) atoms. The van der Waals surface area contributed by atoms with Gasteiger partial charge in [0.15, 0.2) is 0 Å². The van der Waals surface area contributed by atoms with Crippen LogP contribution in [0.4, 0.5) is 0 Å². The number of phenolic OH excluding ortho intramolecular Hbond substituents is 1. The quantitative estimate of drug-likeness (QED) is 0.781. The molecule has 2 N–H and O–H groups in total. The fraction of sp³-hybridized carbons (Fsp3) is 0.500. The van der Waals surface area contributed by atoms with Crippen molar-refractivity contribution >= 4 is 28.5 Å². The Bertz CT molecular complexity index is 457. The number of hydrogen-bond donors (Lipinski definition) is 2. The van der Waals surface area contributed by atoms with Gasteiger partial charge in [0, 0.05) is 18.7 Å². The van der Waals surface area contributed by atoms with Crippen molar-refractivity contribution in [3.05, 3.63) is 27.3 Å². The SMILES string of the molecule is CN(C(=O)c1ccc(I)c(O)c1)C1CCCNCC1. The normalized spacial score (nSPS) is 19.8. The summed E-state index contributed by atoms with van der Waals surface area (Å²) >= 11 is 2.05. The highest BCUT2D eigenvalue weighted by Gasteiger charge is 2.22. The lowest BCUT2D eigenvalue weighted by Gasteiger charge is -2.27. The molecule has 1 fully saturated rings. The maximum absolute atomic E-state index is 12.4. The van der Waals surface area contributed by atoms with Crippen molar-refractivity contribution < 1.29 is 9.90 Å². The maximum atomic E-state index is 12.4. The zero-order valence-corrected chi connectivity index (χ0v) is 13.2. The number of benzene rings is 1. The highest BCUT2D eigenvalue weighted by atomic mass is 127. The average molecular weight is 374 g/mol. The summed E-state index contributed by atoms with van der Waals surface area (Å²) in [5.41, 5.74) is 0.553. The van der Waals surface area contributed by atoms with Gasteiger partial charge in [-0.3, -0.25) is 4.79 Å². The van der Waals surface area contributed by atoms with Gasteiger partial charge in [0.2, 0.25) is 0 Å². The monoisotopic (exact) mass is 374 g/mol. The summed E-state index contributed by atoms with van der Waals surface area (Å²) in [6, 6.07) is 5.38. The molecule has 1 aliphatic rings. The highest BCUT2D eigenvalue weighted by molar-refractivity contribution is 14.1. The number of nitrogens with one attached hydrogen (secondary N) is 1. The van der Waals surface area contributed by atoms with Gasteiger partial charge in [0.1, 0.15) is 5.75 Å². The van der Waals surface area contributed by atoms with Gasteiger partial charge >= 0.3 is 0 Å². The van der Waals surface area contributed by atoms with Crippen LogP contribution in [0, 0.1) is 3.57 Å². The summed E-state index contributed by atoms with van der Waals surface area (Å²) in [6.45, 7) is 1.99. The van der Waals surface area contributed by atoms with Crippen LogP contribution in [-0.2, 0) is 0 Å². The highest BCUT2D eigenvalue weighted by Crippen LogP contribution is 2.22. The van der Waals surface area contributed by atoms with E-state index < -0.39 is 0 Å². The molecule has 1 aliphatic heterocycles. The van der Waals surface area contributed by atoms with E-state index in [-0.39, 0.29) is 17.7 Å². The number of carbonyl (C=O) groups is 1. The van der Waals surface area contributed by atoms with Crippen LogP contribution in [-0.4, -0.2) is 42.1 Å². The molecule has 5 heteroatoms. The molecule has 0 bridgehead atoms. The number of carbonyl (C=O) groups excluding carboxylic acids is 1. The molecule has 0 aliphatic carbocycles. The predicted octanol–water partition coefficient (Wildman–Crippen LogP) is 2.21. The van der Waals surface area contributed by atoms with Gasteiger partial charge in [-0.15, -0.1) is 0 Å². The minimum absolute atomic E-state index is 0.0152. The van der Waals surface area contributed by atoms with E-state index in [0.717, 1.165) is 35.9 Å². The first-order valence-electron chi connectivity index (χ1n) is 6.56. The Labute approximate surface area is 127 Å². The molecule has 1 amide bonds. The molecule has 1 unspecified atom stereocenters. The predicted molar refractivity (Wildman–Crippen MR) is 83.4 cm³/mol. The molecule has 0 radical (unpaired) electrons. The number of rotatable bonds is 2. The molecule has 0 saturated carbocycles. The summed E-state index contributed by atoms with van der Waals surface area (Å²) in [4.78, 5) is 14.2. The molecule has 1 aromatic carbocycles. The summed E-state index contributed by atoms with van der Waals surface area (Å²) < 4.78 is 0.760. The number of amides is 1. The minimum Gasteiger partial charge on any atom is -0.507 e. The van der Waals surface area contributed by atoms with E-state index in [2.05, 4.69) is 5.32 Å². The maximum Gasteiger partial charge on any atom is 0.253 e. The summed E-state index contributed by atoms with van der Waals surface area (Å²) in [6.07, 6.45) is 3.12. The number of aromatic hydroxyl groups is 1. The van der Waals surface area contributed by atoms with Crippen LogP contribution >= 0.6 is 22.6 Å². The minimum atomic E-state index is -0.0152. The Hall–Kier alpha value is -0.820. The first-order chi connectivity index (χ1) is 9.09. The molecule has 104 valence electrons. The van der Waals surface area contributed by atoms with Crippen LogP contribution in [0.5, 0.6) is 5.75 Å². The second kappa shape index (κ2) is 6.56. The van der Waals surface area contributed by atoms with E-state index in [1.807, 2.05) is 34.5 Å². The summed E-state index contributed by atoms with van der Waals surface area (Å²) in [5, 5.41) is 13.0. The van der Waals surface area contributed by atoms with E-state index >= 15 is 0 Å². The Morgan fingerprint density at radius 1 is 1.42 bits per heavy atom. The van der Waals surface area contributed by atoms with Crippen LogP contribution in [0.3, 0.4) is 0 Å². The molecule has 4 nitrogen and oxygen atoms in total. The van der Waals surface area contributed by atoms with Gasteiger partial charge in [-0.2, -0.15) is 0 Å². The number of phenols is 1. The van der Waals surface area contributed by atoms with Crippen LogP contribution in [0.15, 0.2) is 18.2 Å². The van der Waals surface area contributed by atoms with Gasteiger partial charge < -0.3 is 15.3 Å². The Balaban J connectivity index is 2.10. The first kappa shape index (κ1) is 14.6. The third-order valence-electron chi connectivity index (χ3n) is 3.61. The van der Waals surface area contributed by atoms with E-state index in [1.165, 1.54) is 0 Å². The molecule has 1 atom stereocenters. The van der Waals surface area contributed by atoms with Crippen molar-refractivity contribution in [3.8, 4) is 5.75 Å². The van der Waals surface area contributed by atoms with Crippen LogP contribution in [0.1, 0.15) is 29.6 Å². The van der Waals surface area contributed by atoms with E-state index in [1.54, 1.807) is 18.2 Å². The van der Waals surface area contributed by atoms with Crippen molar-refractivity contribution in [2.24, 2.45) is 0 Å². The zero-order chi connectivity index (χ0) is 13.8. The van der Waals surface area contributed by atoms with Crippen LogP contribution in [0.2, 0.25) is 0 Å². The van der Waals surface area contributed by atoms with Crippen LogP contribution in [0.25, 0.3) is 0 Å². The fourth-order valence-corrected chi connectivity index (χ4v) is 2.74. The average Bonchev–Trinajstić information content (AvgIpc) is 2.69. The van der Waals surface area contributed by atoms with Gasteiger partial charge in [-0.1, -0.05) is 0 Å². The number of nitrogens with zero attached hydrogens (tertiary/aromatic N) is 1. The zero-order valence-electron chi connectivity index (χ0n) is 11.0. The summed E-state index contributed by atoms with van der Waals surface area (Å²) in [5.74, 6) is 0.154. The lowest BCUT2D eigenvalue weighted by atomic mass is 10.1. The molecule has 2 rings (SSSR count). The third-order valence-corrected chi connectivity index (χ3v) is 4.52. The van der Waals surface area contributed by atoms with Gasteiger partial charge in [0.25, 0.3) is 5.91 Å². The lowest BCUT2D eigenvalue weighted by Crippen LogP contribution is -2.37. The summed E-state index contributed by atoms with van der Waals surface area (Å²) in [7, 11) is 1.85. The van der Waals surface area contributed by atoms with Crippen molar-refractivity contribution in [3.63, 3.8) is 0 Å². The Morgan fingerprint density at radius 3 is 2.95 bits per heavy atom. The second-order valence-corrected chi connectivity index (χ2v) is 6.08. The Morgan fingerprint density at radius 2 is 2.21 bits per heavy atom. The molecule has 1 heterocycles. The van der Waals surface area contributed by atoms with E-state index in [0.29, 0.717) is 5.56 Å². The van der Waals surface area contributed by atoms with Crippen molar-refractivity contribution in [2.45, 2.75) is 25.3 Å². The van der Waals surface area contributed by atoms with E-state index in [9.17, 15) is 9.90 Å². The number of hydrogen-bond acceptors (Lipinski definition) is 3. The van der Waals surface area contributed by atoms with Gasteiger partial charge in [-0.25, -0.2) is 0 Å². The molecule has 0 aromatic heterocycles. The van der Waals surface area contributed by atoms with Crippen molar-refractivity contribution in [1.29, 1.82) is 0 Å². The third kappa shape index (κ3) is 3.60. The van der Waals surface area contributed by atoms with Gasteiger partial charge in [0.05, 0.1) is 3.57 Å². The first-order valence-corrected chi connectivity index (χ1v) is 7.64. The Kier molecular flexibility index (Phi) is 5.04. The molecular weight excluding hydrogens is 355 g/mol. The van der Waals surface area contributed by atoms with Crippen LogP contribution < -0.4 is 5.32 Å². The molecule has 1 saturated heterocycles. The standard InChI is InChI=1S/C14H19IN2O2/c1-17(11-3-2-7-16-8-6-11)14(19)10-4-5-12(15)13(18)9-10/h4-5,9,11,16,18H,2-3,6-8H2,1H3.